The number of halogens is 3. The zero-order chi connectivity index (χ0) is 21.0. The molecule has 0 unspecified atom stereocenters. The summed E-state index contributed by atoms with van der Waals surface area (Å²) < 4.78 is 63.1. The smallest absolute Gasteiger partial charge is 0.416 e. The number of hydrogen-bond donors (Lipinski definition) is 2. The van der Waals surface area contributed by atoms with Crippen molar-refractivity contribution in [2.24, 2.45) is 5.92 Å². The van der Waals surface area contributed by atoms with Crippen LogP contribution < -0.4 is 0 Å². The van der Waals surface area contributed by atoms with Gasteiger partial charge >= 0.3 is 12.1 Å². The van der Waals surface area contributed by atoms with Gasteiger partial charge in [-0.25, -0.2) is 13.2 Å². The van der Waals surface area contributed by atoms with E-state index in [4.69, 9.17) is 0 Å². The Balaban J connectivity index is 1.90. The van der Waals surface area contributed by atoms with E-state index in [1.807, 2.05) is 0 Å². The highest BCUT2D eigenvalue weighted by molar-refractivity contribution is 7.91. The molecule has 152 valence electrons. The second-order valence-electron chi connectivity index (χ2n) is 6.78. The average Bonchev–Trinajstić information content (AvgIpc) is 2.87. The normalized spacial score (nSPS) is 23.5. The van der Waals surface area contributed by atoms with Gasteiger partial charge in [-0.2, -0.15) is 13.2 Å². The van der Waals surface area contributed by atoms with Crippen LogP contribution in [0.2, 0.25) is 0 Å². The molecule has 0 spiro atoms. The first kappa shape index (κ1) is 20.3. The van der Waals surface area contributed by atoms with E-state index in [1.54, 1.807) is 0 Å². The predicted octanol–water partition coefficient (Wildman–Crippen LogP) is 1.43. The van der Waals surface area contributed by atoms with Crippen LogP contribution in [0.3, 0.4) is 0 Å². The number of aliphatic hydroxyl groups is 1. The molecule has 1 amide bonds. The molecule has 1 aromatic carbocycles. The lowest BCUT2D eigenvalue weighted by molar-refractivity contribution is -0.161. The highest BCUT2D eigenvalue weighted by atomic mass is 32.2. The SMILES string of the molecule is C[C@@H](O)[C@@H]1C(=O)N2C(C(=O)O)=C(CS(=O)(=O)c3ccc(C(F)(F)F)cc3)C[C@@H]12. The van der Waals surface area contributed by atoms with Gasteiger partial charge in [0.2, 0.25) is 5.91 Å². The number of benzene rings is 1. The molecule has 28 heavy (non-hydrogen) atoms. The van der Waals surface area contributed by atoms with Gasteiger partial charge in [0.15, 0.2) is 9.84 Å². The third kappa shape index (κ3) is 3.28. The maximum Gasteiger partial charge on any atom is 0.416 e. The van der Waals surface area contributed by atoms with Crippen LogP contribution in [0, 0.1) is 5.92 Å². The summed E-state index contributed by atoms with van der Waals surface area (Å²) in [7, 11) is -4.14. The number of β-lactam (4-membered cyclic amide) rings is 1. The fraction of sp³-hybridized carbons (Fsp3) is 0.412. The molecular formula is C17H16F3NO6S. The standard InChI is InChI=1S/C17H16F3NO6S/c1-8(22)13-12-6-9(14(16(24)25)21(12)15(13)23)7-28(26,27)11-4-2-10(3-5-11)17(18,19)20/h2-5,8,12-13,22H,6-7H2,1H3,(H,24,25)/t8-,12+,13+/m1/s1. The highest BCUT2D eigenvalue weighted by Crippen LogP contribution is 2.44. The fourth-order valence-electron chi connectivity index (χ4n) is 3.65. The summed E-state index contributed by atoms with van der Waals surface area (Å²) in [6, 6.07) is 2.25. The minimum absolute atomic E-state index is 0.0195. The van der Waals surface area contributed by atoms with Gasteiger partial charge in [-0.05, 0) is 43.2 Å². The number of aliphatic carboxylic acids is 1. The van der Waals surface area contributed by atoms with Crippen molar-refractivity contribution >= 4 is 21.7 Å². The molecule has 3 atom stereocenters. The lowest BCUT2D eigenvalue weighted by Gasteiger charge is -2.44. The number of aliphatic hydroxyl groups excluding tert-OH is 1. The van der Waals surface area contributed by atoms with Gasteiger partial charge in [0.1, 0.15) is 5.70 Å². The summed E-state index contributed by atoms with van der Waals surface area (Å²) in [4.78, 5) is 24.3. The van der Waals surface area contributed by atoms with Crippen LogP contribution in [0.25, 0.3) is 0 Å². The Hall–Kier alpha value is -2.40. The van der Waals surface area contributed by atoms with Crippen LogP contribution in [0.15, 0.2) is 40.4 Å². The van der Waals surface area contributed by atoms with E-state index in [1.165, 1.54) is 6.92 Å². The summed E-state index contributed by atoms with van der Waals surface area (Å²) in [5, 5.41) is 19.1. The molecule has 11 heteroatoms. The number of carbonyl (C=O) groups excluding carboxylic acids is 1. The van der Waals surface area contributed by atoms with E-state index in [2.05, 4.69) is 0 Å². The number of nitrogens with zero attached hydrogens (tertiary/aromatic N) is 1. The molecule has 0 aliphatic carbocycles. The highest BCUT2D eigenvalue weighted by Gasteiger charge is 2.56. The van der Waals surface area contributed by atoms with Gasteiger partial charge in [-0.1, -0.05) is 0 Å². The first-order valence-electron chi connectivity index (χ1n) is 8.21. The third-order valence-electron chi connectivity index (χ3n) is 4.93. The monoisotopic (exact) mass is 419 g/mol. The lowest BCUT2D eigenvalue weighted by atomic mass is 9.83. The molecule has 0 bridgehead atoms. The van der Waals surface area contributed by atoms with Crippen molar-refractivity contribution in [3.05, 3.63) is 41.1 Å². The van der Waals surface area contributed by atoms with Crippen molar-refractivity contribution in [2.45, 2.75) is 36.6 Å². The predicted molar refractivity (Wildman–Crippen MR) is 88.6 cm³/mol. The summed E-state index contributed by atoms with van der Waals surface area (Å²) >= 11 is 0. The van der Waals surface area contributed by atoms with Crippen LogP contribution >= 0.6 is 0 Å². The summed E-state index contributed by atoms with van der Waals surface area (Å²) in [5.74, 6) is -3.63. The van der Waals surface area contributed by atoms with E-state index in [9.17, 15) is 41.4 Å². The van der Waals surface area contributed by atoms with Crippen molar-refractivity contribution in [1.29, 1.82) is 0 Å². The van der Waals surface area contributed by atoms with Crippen LogP contribution in [0.1, 0.15) is 18.9 Å². The molecule has 1 saturated heterocycles. The molecule has 1 aromatic rings. The number of hydrogen-bond acceptors (Lipinski definition) is 5. The molecule has 2 aliphatic heterocycles. The average molecular weight is 419 g/mol. The largest absolute Gasteiger partial charge is 0.477 e. The molecule has 0 saturated carbocycles. The first-order valence-corrected chi connectivity index (χ1v) is 9.86. The van der Waals surface area contributed by atoms with Gasteiger partial charge < -0.3 is 15.1 Å². The number of rotatable bonds is 5. The number of fused-ring (bicyclic) bond motifs is 1. The third-order valence-corrected chi connectivity index (χ3v) is 6.65. The minimum atomic E-state index is -4.62. The number of alkyl halides is 3. The lowest BCUT2D eigenvalue weighted by Crippen LogP contribution is -2.61. The quantitative estimate of drug-likeness (QED) is 0.699. The van der Waals surface area contributed by atoms with Gasteiger partial charge in [0.05, 0.1) is 34.3 Å². The Bertz CT molecular complexity index is 966. The molecule has 7 nitrogen and oxygen atoms in total. The molecule has 0 aromatic heterocycles. The van der Waals surface area contributed by atoms with E-state index >= 15 is 0 Å². The van der Waals surface area contributed by atoms with Crippen molar-refractivity contribution in [3.63, 3.8) is 0 Å². The van der Waals surface area contributed by atoms with Gasteiger partial charge in [-0.15, -0.1) is 0 Å². The van der Waals surface area contributed by atoms with Crippen molar-refractivity contribution < 1.29 is 41.4 Å². The van der Waals surface area contributed by atoms with Crippen molar-refractivity contribution in [1.82, 2.24) is 4.90 Å². The van der Waals surface area contributed by atoms with Crippen molar-refractivity contribution in [2.75, 3.05) is 5.75 Å². The number of carboxylic acid groups (broad SMARTS) is 1. The van der Waals surface area contributed by atoms with Crippen LogP contribution in [-0.2, 0) is 25.6 Å². The summed E-state index contributed by atoms with van der Waals surface area (Å²) in [6.45, 7) is 1.39. The Labute approximate surface area is 158 Å². The second kappa shape index (κ2) is 6.59. The zero-order valence-electron chi connectivity index (χ0n) is 14.5. The molecular weight excluding hydrogens is 403 g/mol. The van der Waals surface area contributed by atoms with Crippen molar-refractivity contribution in [3.8, 4) is 0 Å². The van der Waals surface area contributed by atoms with E-state index in [0.29, 0.717) is 12.1 Å². The van der Waals surface area contributed by atoms with Crippen LogP contribution in [0.4, 0.5) is 13.2 Å². The van der Waals surface area contributed by atoms with Gasteiger partial charge in [-0.3, -0.25) is 4.79 Å². The number of amides is 1. The van der Waals surface area contributed by atoms with Gasteiger partial charge in [0.25, 0.3) is 0 Å². The Morgan fingerprint density at radius 2 is 1.86 bits per heavy atom. The number of carboxylic acids is 1. The topological polar surface area (TPSA) is 112 Å². The first-order chi connectivity index (χ1) is 12.8. The summed E-state index contributed by atoms with van der Waals surface area (Å²) in [6.07, 6.45) is -5.67. The molecule has 1 fully saturated rings. The van der Waals surface area contributed by atoms with E-state index in [-0.39, 0.29) is 16.9 Å². The molecule has 2 heterocycles. The Morgan fingerprint density at radius 3 is 2.32 bits per heavy atom. The molecule has 3 rings (SSSR count). The Kier molecular flexibility index (Phi) is 4.79. The Morgan fingerprint density at radius 1 is 1.29 bits per heavy atom. The molecule has 2 aliphatic rings. The number of carbonyl (C=O) groups is 2. The second-order valence-corrected chi connectivity index (χ2v) is 8.77. The maximum atomic E-state index is 12.6. The molecule has 2 N–H and O–H groups in total. The van der Waals surface area contributed by atoms with Gasteiger partial charge in [0, 0.05) is 0 Å². The zero-order valence-corrected chi connectivity index (χ0v) is 15.3. The molecule has 0 radical (unpaired) electrons. The summed E-state index contributed by atoms with van der Waals surface area (Å²) in [5.41, 5.74) is -1.47. The van der Waals surface area contributed by atoms with Crippen LogP contribution in [0.5, 0.6) is 0 Å². The van der Waals surface area contributed by atoms with E-state index in [0.717, 1.165) is 17.0 Å². The minimum Gasteiger partial charge on any atom is -0.477 e. The van der Waals surface area contributed by atoms with E-state index < -0.39 is 63.0 Å². The number of sulfone groups is 1. The van der Waals surface area contributed by atoms with Crippen LogP contribution in [-0.4, -0.2) is 53.3 Å². The maximum absolute atomic E-state index is 12.6. The fourth-order valence-corrected chi connectivity index (χ4v) is 5.08.